The summed E-state index contributed by atoms with van der Waals surface area (Å²) in [5.74, 6) is 4.91. The average Bonchev–Trinajstić information content (AvgIpc) is 2.43. The number of carbonyl (C=O) groups excluding carboxylic acids is 1. The van der Waals surface area contributed by atoms with Gasteiger partial charge in [0.15, 0.2) is 0 Å². The fraction of sp³-hybridized carbons (Fsp3) is 0.917. The highest BCUT2D eigenvalue weighted by Gasteiger charge is 2.28. The number of carbonyl (C=O) groups is 1. The number of hydrogen-bond donors (Lipinski definition) is 3. The molecule has 18 heavy (non-hydrogen) atoms. The van der Waals surface area contributed by atoms with E-state index in [1.165, 1.54) is 0 Å². The first-order valence-electron chi connectivity index (χ1n) is 6.57. The molecular formula is C12H25N3O3. The van der Waals surface area contributed by atoms with Crippen LogP contribution in [0.5, 0.6) is 0 Å². The van der Waals surface area contributed by atoms with Crippen LogP contribution < -0.4 is 11.3 Å². The molecule has 1 aliphatic heterocycles. The van der Waals surface area contributed by atoms with Crippen molar-refractivity contribution in [3.05, 3.63) is 0 Å². The second-order valence-corrected chi connectivity index (χ2v) is 4.87. The predicted molar refractivity (Wildman–Crippen MR) is 68.6 cm³/mol. The Labute approximate surface area is 108 Å². The molecule has 1 rings (SSSR count). The van der Waals surface area contributed by atoms with Gasteiger partial charge in [-0.2, -0.15) is 0 Å². The molecule has 0 bridgehead atoms. The van der Waals surface area contributed by atoms with Gasteiger partial charge in [0, 0.05) is 19.1 Å². The summed E-state index contributed by atoms with van der Waals surface area (Å²) in [6.45, 7) is 6.26. The monoisotopic (exact) mass is 259 g/mol. The number of nitrogens with two attached hydrogens (primary N) is 1. The van der Waals surface area contributed by atoms with Gasteiger partial charge in [-0.1, -0.05) is 6.92 Å². The minimum Gasteiger partial charge on any atom is -0.394 e. The zero-order chi connectivity index (χ0) is 13.5. The molecule has 2 atom stereocenters. The topological polar surface area (TPSA) is 87.8 Å². The summed E-state index contributed by atoms with van der Waals surface area (Å²) < 4.78 is 5.51. The van der Waals surface area contributed by atoms with Gasteiger partial charge in [0.1, 0.15) is 0 Å². The van der Waals surface area contributed by atoms with Gasteiger partial charge in [-0.25, -0.2) is 5.84 Å². The van der Waals surface area contributed by atoms with Crippen LogP contribution in [0.15, 0.2) is 0 Å². The lowest BCUT2D eigenvalue weighted by atomic mass is 9.98. The molecule has 0 aliphatic carbocycles. The van der Waals surface area contributed by atoms with Crippen molar-refractivity contribution in [3.63, 3.8) is 0 Å². The largest absolute Gasteiger partial charge is 0.394 e. The number of hydrogen-bond acceptors (Lipinski definition) is 5. The smallest absolute Gasteiger partial charge is 0.238 e. The van der Waals surface area contributed by atoms with E-state index in [0.29, 0.717) is 6.61 Å². The Kier molecular flexibility index (Phi) is 6.56. The molecular weight excluding hydrogens is 234 g/mol. The van der Waals surface area contributed by atoms with Crippen molar-refractivity contribution in [2.75, 3.05) is 26.3 Å². The van der Waals surface area contributed by atoms with E-state index >= 15 is 0 Å². The fourth-order valence-electron chi connectivity index (χ4n) is 2.34. The second-order valence-electron chi connectivity index (χ2n) is 4.87. The van der Waals surface area contributed by atoms with Crippen molar-refractivity contribution in [2.24, 2.45) is 11.8 Å². The second kappa shape index (κ2) is 7.68. The van der Waals surface area contributed by atoms with Gasteiger partial charge in [-0.05, 0) is 19.8 Å². The van der Waals surface area contributed by atoms with E-state index in [-0.39, 0.29) is 30.6 Å². The molecule has 0 spiro atoms. The van der Waals surface area contributed by atoms with Crippen LogP contribution in [0, 0.1) is 5.92 Å². The van der Waals surface area contributed by atoms with E-state index in [1.807, 2.05) is 6.92 Å². The van der Waals surface area contributed by atoms with Crippen molar-refractivity contribution in [2.45, 2.75) is 38.8 Å². The van der Waals surface area contributed by atoms with Gasteiger partial charge in [-0.15, -0.1) is 0 Å². The Bertz CT molecular complexity index is 255. The lowest BCUT2D eigenvalue weighted by Crippen LogP contribution is -2.49. The summed E-state index contributed by atoms with van der Waals surface area (Å²) in [4.78, 5) is 13.8. The van der Waals surface area contributed by atoms with Crippen LogP contribution in [0.2, 0.25) is 0 Å². The standard InChI is InChI=1S/C12H25N3O3/c1-9(12(17)14-13)10(2)15-5-3-11(4-6-15)18-8-7-16/h9-11,16H,3-8,13H2,1-2H3,(H,14,17). The number of rotatable bonds is 6. The molecule has 0 radical (unpaired) electrons. The summed E-state index contributed by atoms with van der Waals surface area (Å²) in [5.41, 5.74) is 2.20. The van der Waals surface area contributed by atoms with Crippen LogP contribution in [0.1, 0.15) is 26.7 Å². The number of nitrogens with one attached hydrogen (secondary N) is 1. The first kappa shape index (κ1) is 15.4. The van der Waals surface area contributed by atoms with Crippen LogP contribution in [-0.4, -0.2) is 54.4 Å². The molecule has 1 heterocycles. The van der Waals surface area contributed by atoms with Gasteiger partial charge in [-0.3, -0.25) is 15.1 Å². The molecule has 0 aromatic carbocycles. The molecule has 1 saturated heterocycles. The predicted octanol–water partition coefficient (Wildman–Crippen LogP) is -0.526. The zero-order valence-electron chi connectivity index (χ0n) is 11.3. The number of aliphatic hydroxyl groups is 1. The highest BCUT2D eigenvalue weighted by atomic mass is 16.5. The lowest BCUT2D eigenvalue weighted by molar-refractivity contribution is -0.126. The van der Waals surface area contributed by atoms with Crippen molar-refractivity contribution >= 4 is 5.91 Å². The third-order valence-electron chi connectivity index (χ3n) is 3.78. The Hall–Kier alpha value is -0.690. The van der Waals surface area contributed by atoms with E-state index in [4.69, 9.17) is 15.7 Å². The van der Waals surface area contributed by atoms with Gasteiger partial charge in [0.05, 0.1) is 25.2 Å². The summed E-state index contributed by atoms with van der Waals surface area (Å²) in [7, 11) is 0. The van der Waals surface area contributed by atoms with E-state index in [9.17, 15) is 4.79 Å². The zero-order valence-corrected chi connectivity index (χ0v) is 11.3. The molecule has 6 heteroatoms. The van der Waals surface area contributed by atoms with Gasteiger partial charge in [0.25, 0.3) is 0 Å². The van der Waals surface area contributed by atoms with Crippen LogP contribution >= 0.6 is 0 Å². The van der Waals surface area contributed by atoms with E-state index in [1.54, 1.807) is 0 Å². The quantitative estimate of drug-likeness (QED) is 0.339. The minimum atomic E-state index is -0.124. The molecule has 6 nitrogen and oxygen atoms in total. The number of piperidine rings is 1. The highest BCUT2D eigenvalue weighted by Crippen LogP contribution is 2.19. The van der Waals surface area contributed by atoms with E-state index < -0.39 is 0 Å². The summed E-state index contributed by atoms with van der Waals surface area (Å²) in [6, 6.07) is 0.173. The SMILES string of the molecule is CC(C(=O)NN)C(C)N1CCC(OCCO)CC1. The third-order valence-corrected chi connectivity index (χ3v) is 3.78. The van der Waals surface area contributed by atoms with Gasteiger partial charge < -0.3 is 9.84 Å². The number of amides is 1. The van der Waals surface area contributed by atoms with E-state index in [2.05, 4.69) is 17.2 Å². The first-order chi connectivity index (χ1) is 8.60. The van der Waals surface area contributed by atoms with Crippen molar-refractivity contribution in [1.29, 1.82) is 0 Å². The molecule has 4 N–H and O–H groups in total. The molecule has 1 amide bonds. The lowest BCUT2D eigenvalue weighted by Gasteiger charge is -2.37. The summed E-state index contributed by atoms with van der Waals surface area (Å²) >= 11 is 0. The molecule has 0 aromatic heterocycles. The van der Waals surface area contributed by atoms with Crippen LogP contribution in [0.3, 0.4) is 0 Å². The van der Waals surface area contributed by atoms with Gasteiger partial charge >= 0.3 is 0 Å². The van der Waals surface area contributed by atoms with Crippen molar-refractivity contribution in [1.82, 2.24) is 10.3 Å². The van der Waals surface area contributed by atoms with Crippen LogP contribution in [0.4, 0.5) is 0 Å². The summed E-state index contributed by atoms with van der Waals surface area (Å²) in [5, 5.41) is 8.71. The highest BCUT2D eigenvalue weighted by molar-refractivity contribution is 5.78. The molecule has 2 unspecified atom stereocenters. The van der Waals surface area contributed by atoms with Crippen molar-refractivity contribution in [3.8, 4) is 0 Å². The maximum absolute atomic E-state index is 11.5. The molecule has 1 fully saturated rings. The fourth-order valence-corrected chi connectivity index (χ4v) is 2.34. The number of aliphatic hydroxyl groups excluding tert-OH is 1. The average molecular weight is 259 g/mol. The Balaban J connectivity index is 2.35. The molecule has 1 aliphatic rings. The third kappa shape index (κ3) is 4.20. The molecule has 106 valence electrons. The maximum atomic E-state index is 11.5. The number of nitrogens with zero attached hydrogens (tertiary/aromatic N) is 1. The number of ether oxygens (including phenoxy) is 1. The normalized spacial score (nSPS) is 21.6. The van der Waals surface area contributed by atoms with Crippen molar-refractivity contribution < 1.29 is 14.6 Å². The molecule has 0 aromatic rings. The maximum Gasteiger partial charge on any atom is 0.238 e. The van der Waals surface area contributed by atoms with Gasteiger partial charge in [0.2, 0.25) is 5.91 Å². The van der Waals surface area contributed by atoms with E-state index in [0.717, 1.165) is 25.9 Å². The van der Waals surface area contributed by atoms with Crippen LogP contribution in [0.25, 0.3) is 0 Å². The first-order valence-corrected chi connectivity index (χ1v) is 6.57. The molecule has 0 saturated carbocycles. The minimum absolute atomic E-state index is 0.0737. The number of likely N-dealkylation sites (tertiary alicyclic amines) is 1. The Morgan fingerprint density at radius 3 is 2.61 bits per heavy atom. The summed E-state index contributed by atoms with van der Waals surface area (Å²) in [6.07, 6.45) is 2.13. The number of hydrazine groups is 1. The Morgan fingerprint density at radius 1 is 1.50 bits per heavy atom. The van der Waals surface area contributed by atoms with Crippen LogP contribution in [-0.2, 0) is 9.53 Å². The Morgan fingerprint density at radius 2 is 2.11 bits per heavy atom.